The molecule has 160 valence electrons. The number of hydrogen-bond donors (Lipinski definition) is 2. The standard InChI is InChI=1S/C23H25N5O3/c1-14-6-19(20(10-24-14)30-13-23-9-17(11-31-23)25-12-23)16-4-5-28-18(7-16)8-21(27-28)26-22(29)15-2-3-15/h4-8,10,15,17,25H,2-3,9,11-13H2,1H3,(H,26,27,29)/t17-,23-/m0/s1. The lowest BCUT2D eigenvalue weighted by Crippen LogP contribution is -2.43. The molecule has 0 aromatic carbocycles. The van der Waals surface area contributed by atoms with Crippen molar-refractivity contribution in [2.24, 2.45) is 5.92 Å². The van der Waals surface area contributed by atoms with E-state index in [1.807, 2.05) is 31.3 Å². The first-order valence-electron chi connectivity index (χ1n) is 10.8. The number of hydrogen-bond acceptors (Lipinski definition) is 6. The maximum Gasteiger partial charge on any atom is 0.228 e. The highest BCUT2D eigenvalue weighted by molar-refractivity contribution is 5.93. The minimum absolute atomic E-state index is 0.0567. The van der Waals surface area contributed by atoms with Gasteiger partial charge in [-0.2, -0.15) is 5.10 Å². The van der Waals surface area contributed by atoms with Crippen molar-refractivity contribution in [2.45, 2.75) is 37.8 Å². The molecule has 1 amide bonds. The summed E-state index contributed by atoms with van der Waals surface area (Å²) < 4.78 is 14.0. The van der Waals surface area contributed by atoms with Crippen molar-refractivity contribution in [2.75, 3.05) is 25.1 Å². The summed E-state index contributed by atoms with van der Waals surface area (Å²) in [5, 5.41) is 10.9. The number of carbonyl (C=O) groups excluding carboxylic acids is 1. The molecule has 8 nitrogen and oxygen atoms in total. The molecule has 2 saturated heterocycles. The lowest BCUT2D eigenvalue weighted by Gasteiger charge is -2.27. The van der Waals surface area contributed by atoms with Gasteiger partial charge in [0.2, 0.25) is 5.91 Å². The highest BCUT2D eigenvalue weighted by Crippen LogP contribution is 2.35. The van der Waals surface area contributed by atoms with E-state index in [0.717, 1.165) is 60.5 Å². The van der Waals surface area contributed by atoms with Gasteiger partial charge in [-0.15, -0.1) is 0 Å². The lowest BCUT2D eigenvalue weighted by molar-refractivity contribution is -0.117. The van der Waals surface area contributed by atoms with Crippen molar-refractivity contribution >= 4 is 17.2 Å². The van der Waals surface area contributed by atoms with Crippen molar-refractivity contribution in [3.8, 4) is 16.9 Å². The Balaban J connectivity index is 1.27. The van der Waals surface area contributed by atoms with Gasteiger partial charge in [-0.3, -0.25) is 9.78 Å². The first kappa shape index (κ1) is 18.8. The normalized spacial score (nSPS) is 24.6. The fourth-order valence-corrected chi connectivity index (χ4v) is 4.47. The molecule has 5 heterocycles. The Morgan fingerprint density at radius 1 is 1.39 bits per heavy atom. The first-order chi connectivity index (χ1) is 15.1. The van der Waals surface area contributed by atoms with E-state index in [0.29, 0.717) is 18.5 Å². The van der Waals surface area contributed by atoms with Crippen LogP contribution in [0.2, 0.25) is 0 Å². The molecule has 2 atom stereocenters. The van der Waals surface area contributed by atoms with Crippen molar-refractivity contribution < 1.29 is 14.3 Å². The summed E-state index contributed by atoms with van der Waals surface area (Å²) in [6.45, 7) is 4.05. The number of nitrogens with one attached hydrogen (secondary N) is 2. The molecule has 1 aliphatic carbocycles. The molecular formula is C23H25N5O3. The van der Waals surface area contributed by atoms with Crippen LogP contribution in [0.25, 0.3) is 16.6 Å². The van der Waals surface area contributed by atoms with Crippen LogP contribution < -0.4 is 15.4 Å². The van der Waals surface area contributed by atoms with E-state index in [9.17, 15) is 4.79 Å². The largest absolute Gasteiger partial charge is 0.488 e. The number of aromatic nitrogens is 3. The zero-order valence-electron chi connectivity index (χ0n) is 17.4. The molecule has 2 N–H and O–H groups in total. The molecule has 2 aliphatic heterocycles. The van der Waals surface area contributed by atoms with Crippen molar-refractivity contribution in [1.82, 2.24) is 19.9 Å². The Bertz CT molecular complexity index is 1160. The second kappa shape index (κ2) is 7.03. The summed E-state index contributed by atoms with van der Waals surface area (Å²) in [6.07, 6.45) is 6.62. The minimum Gasteiger partial charge on any atom is -0.488 e. The predicted octanol–water partition coefficient (Wildman–Crippen LogP) is 2.56. The van der Waals surface area contributed by atoms with Crippen LogP contribution in [0.15, 0.2) is 36.7 Å². The van der Waals surface area contributed by atoms with E-state index < -0.39 is 0 Å². The molecular weight excluding hydrogens is 394 g/mol. The van der Waals surface area contributed by atoms with E-state index in [1.54, 1.807) is 10.7 Å². The van der Waals surface area contributed by atoms with Gasteiger partial charge in [-0.05, 0) is 49.9 Å². The summed E-state index contributed by atoms with van der Waals surface area (Å²) in [5.41, 5.74) is 3.59. The van der Waals surface area contributed by atoms with Gasteiger partial charge >= 0.3 is 0 Å². The Hall–Kier alpha value is -2.97. The average molecular weight is 419 g/mol. The van der Waals surface area contributed by atoms with E-state index >= 15 is 0 Å². The van der Waals surface area contributed by atoms with Gasteiger partial charge in [-0.25, -0.2) is 4.52 Å². The summed E-state index contributed by atoms with van der Waals surface area (Å²) in [6, 6.07) is 8.44. The maximum atomic E-state index is 12.1. The quantitative estimate of drug-likeness (QED) is 0.638. The maximum absolute atomic E-state index is 12.1. The molecule has 8 heteroatoms. The smallest absolute Gasteiger partial charge is 0.228 e. The molecule has 31 heavy (non-hydrogen) atoms. The molecule has 0 radical (unpaired) electrons. The number of anilines is 1. The Morgan fingerprint density at radius 3 is 3.03 bits per heavy atom. The zero-order valence-corrected chi connectivity index (χ0v) is 17.4. The number of carbonyl (C=O) groups is 1. The van der Waals surface area contributed by atoms with Crippen LogP contribution in [0.3, 0.4) is 0 Å². The Kier molecular flexibility index (Phi) is 4.26. The van der Waals surface area contributed by atoms with Crippen LogP contribution in [0.4, 0.5) is 5.82 Å². The van der Waals surface area contributed by atoms with Crippen LogP contribution in [0.1, 0.15) is 25.0 Å². The summed E-state index contributed by atoms with van der Waals surface area (Å²) >= 11 is 0. The SMILES string of the molecule is Cc1cc(-c2ccn3nc(NC(=O)C4CC4)cc3c2)c(OC[C@]23CN[C@H](CO2)C3)cn1. The second-order valence-electron chi connectivity index (χ2n) is 8.96. The lowest BCUT2D eigenvalue weighted by atomic mass is 10.0. The molecule has 3 aliphatic rings. The first-order valence-corrected chi connectivity index (χ1v) is 10.8. The van der Waals surface area contributed by atoms with Crippen LogP contribution in [0, 0.1) is 12.8 Å². The number of pyridine rings is 2. The number of rotatable bonds is 6. The number of morpholine rings is 1. The fraction of sp³-hybridized carbons (Fsp3) is 0.435. The van der Waals surface area contributed by atoms with Crippen LogP contribution in [-0.4, -0.2) is 51.9 Å². The number of amides is 1. The third kappa shape index (κ3) is 3.55. The predicted molar refractivity (Wildman–Crippen MR) is 115 cm³/mol. The number of aryl methyl sites for hydroxylation is 1. The molecule has 1 saturated carbocycles. The monoisotopic (exact) mass is 419 g/mol. The van der Waals surface area contributed by atoms with E-state index in [-0.39, 0.29) is 17.4 Å². The van der Waals surface area contributed by atoms with Crippen molar-refractivity contribution in [3.05, 3.63) is 42.4 Å². The van der Waals surface area contributed by atoms with Gasteiger partial charge in [-0.1, -0.05) is 0 Å². The van der Waals surface area contributed by atoms with E-state index in [4.69, 9.17) is 9.47 Å². The average Bonchev–Trinajstić information content (AvgIpc) is 3.27. The van der Waals surface area contributed by atoms with Crippen LogP contribution >= 0.6 is 0 Å². The molecule has 0 unspecified atom stereocenters. The van der Waals surface area contributed by atoms with Crippen LogP contribution in [0.5, 0.6) is 5.75 Å². The molecule has 3 fully saturated rings. The van der Waals surface area contributed by atoms with Gasteiger partial charge in [0, 0.05) is 42.0 Å². The Labute approximate surface area is 179 Å². The summed E-state index contributed by atoms with van der Waals surface area (Å²) in [7, 11) is 0. The Morgan fingerprint density at radius 2 is 2.29 bits per heavy atom. The molecule has 0 spiro atoms. The van der Waals surface area contributed by atoms with E-state index in [1.165, 1.54) is 0 Å². The molecule has 3 aromatic heterocycles. The van der Waals surface area contributed by atoms with Gasteiger partial charge < -0.3 is 20.1 Å². The highest BCUT2D eigenvalue weighted by atomic mass is 16.6. The van der Waals surface area contributed by atoms with Crippen LogP contribution in [-0.2, 0) is 9.53 Å². The zero-order chi connectivity index (χ0) is 21.0. The fourth-order valence-electron chi connectivity index (χ4n) is 4.47. The van der Waals surface area contributed by atoms with Gasteiger partial charge in [0.15, 0.2) is 5.82 Å². The van der Waals surface area contributed by atoms with Crippen molar-refractivity contribution in [1.29, 1.82) is 0 Å². The number of fused-ring (bicyclic) bond motifs is 3. The third-order valence-electron chi connectivity index (χ3n) is 6.39. The number of ether oxygens (including phenoxy) is 2. The van der Waals surface area contributed by atoms with Gasteiger partial charge in [0.1, 0.15) is 18.0 Å². The number of nitrogens with zero attached hydrogens (tertiary/aromatic N) is 3. The third-order valence-corrected chi connectivity index (χ3v) is 6.39. The molecule has 6 rings (SSSR count). The van der Waals surface area contributed by atoms with Crippen molar-refractivity contribution in [3.63, 3.8) is 0 Å². The second-order valence-corrected chi connectivity index (χ2v) is 8.96. The summed E-state index contributed by atoms with van der Waals surface area (Å²) in [4.78, 5) is 16.5. The minimum atomic E-state index is -0.239. The van der Waals surface area contributed by atoms with Gasteiger partial charge in [0.25, 0.3) is 0 Å². The molecule has 3 aromatic rings. The highest BCUT2D eigenvalue weighted by Gasteiger charge is 2.47. The summed E-state index contributed by atoms with van der Waals surface area (Å²) in [5.74, 6) is 1.53. The van der Waals surface area contributed by atoms with Gasteiger partial charge in [0.05, 0.1) is 18.3 Å². The van der Waals surface area contributed by atoms with E-state index in [2.05, 4.69) is 26.8 Å². The molecule has 2 bridgehead atoms. The topological polar surface area (TPSA) is 89.8 Å².